The van der Waals surface area contributed by atoms with Crippen molar-refractivity contribution in [2.24, 2.45) is 11.3 Å². The summed E-state index contributed by atoms with van der Waals surface area (Å²) in [7, 11) is 0. The minimum absolute atomic E-state index is 0.0538. The van der Waals surface area contributed by atoms with Crippen LogP contribution in [0.15, 0.2) is 12.7 Å². The Kier molecular flexibility index (Phi) is 2.63. The molecule has 9 heavy (non-hydrogen) atoms. The van der Waals surface area contributed by atoms with Gasteiger partial charge in [-0.25, -0.2) is 0 Å². The molecule has 1 atom stereocenters. The molecule has 0 aliphatic carbocycles. The summed E-state index contributed by atoms with van der Waals surface area (Å²) in [6.07, 6.45) is 2.77. The summed E-state index contributed by atoms with van der Waals surface area (Å²) in [5.41, 5.74) is -0.0538. The molecule has 0 N–H and O–H groups in total. The summed E-state index contributed by atoms with van der Waals surface area (Å²) in [5.74, 6) is 0.0648. The molecule has 0 bridgehead atoms. The zero-order chi connectivity index (χ0) is 7.49. The Balaban J connectivity index is 4.11. The van der Waals surface area contributed by atoms with E-state index < -0.39 is 0 Å². The molecule has 0 aliphatic rings. The molecule has 0 amide bonds. The Bertz CT molecular complexity index is 114. The average molecular weight is 126 g/mol. The number of allylic oxidation sites excluding steroid dienone is 1. The van der Waals surface area contributed by atoms with Crippen LogP contribution in [0.5, 0.6) is 0 Å². The largest absolute Gasteiger partial charge is 0.303 e. The first-order chi connectivity index (χ1) is 4.04. The van der Waals surface area contributed by atoms with E-state index in [1.54, 1.807) is 0 Å². The number of carbonyl (C=O) groups excluding carboxylic acids is 1. The highest BCUT2D eigenvalue weighted by molar-refractivity contribution is 5.54. The molecule has 0 aliphatic heterocycles. The Hall–Kier alpha value is -0.590. The Morgan fingerprint density at radius 2 is 2.00 bits per heavy atom. The lowest BCUT2D eigenvalue weighted by molar-refractivity contribution is -0.112. The van der Waals surface area contributed by atoms with Gasteiger partial charge in [0.1, 0.15) is 6.29 Å². The van der Waals surface area contributed by atoms with Crippen LogP contribution in [-0.2, 0) is 4.79 Å². The maximum absolute atomic E-state index is 10.3. The first kappa shape index (κ1) is 8.41. The number of hydrogen-bond acceptors (Lipinski definition) is 1. The molecule has 0 saturated heterocycles. The van der Waals surface area contributed by atoms with Gasteiger partial charge < -0.3 is 4.79 Å². The molecule has 0 saturated carbocycles. The predicted molar refractivity (Wildman–Crippen MR) is 39.2 cm³/mol. The van der Waals surface area contributed by atoms with Gasteiger partial charge in [0.05, 0.1) is 0 Å². The quantitative estimate of drug-likeness (QED) is 0.417. The highest BCUT2D eigenvalue weighted by Gasteiger charge is 2.20. The molecular weight excluding hydrogens is 112 g/mol. The van der Waals surface area contributed by atoms with Crippen LogP contribution >= 0.6 is 0 Å². The molecule has 0 spiro atoms. The van der Waals surface area contributed by atoms with Gasteiger partial charge in [-0.15, -0.1) is 6.58 Å². The zero-order valence-electron chi connectivity index (χ0n) is 6.35. The first-order valence-corrected chi connectivity index (χ1v) is 3.13. The Labute approximate surface area is 56.8 Å². The number of aldehydes is 1. The first-order valence-electron chi connectivity index (χ1n) is 3.13. The van der Waals surface area contributed by atoms with Crippen molar-refractivity contribution in [2.45, 2.75) is 20.8 Å². The number of hydrogen-bond donors (Lipinski definition) is 0. The van der Waals surface area contributed by atoms with Crippen molar-refractivity contribution in [2.75, 3.05) is 0 Å². The second-order valence-corrected chi connectivity index (χ2v) is 2.95. The van der Waals surface area contributed by atoms with E-state index in [2.05, 4.69) is 6.58 Å². The molecule has 1 heteroatoms. The van der Waals surface area contributed by atoms with E-state index in [-0.39, 0.29) is 11.3 Å². The van der Waals surface area contributed by atoms with Crippen LogP contribution in [0, 0.1) is 11.3 Å². The van der Waals surface area contributed by atoms with Gasteiger partial charge in [0.15, 0.2) is 0 Å². The summed E-state index contributed by atoms with van der Waals surface area (Å²) in [4.78, 5) is 10.3. The van der Waals surface area contributed by atoms with Crippen molar-refractivity contribution >= 4 is 6.29 Å². The lowest BCUT2D eigenvalue weighted by Crippen LogP contribution is -2.19. The van der Waals surface area contributed by atoms with E-state index in [4.69, 9.17) is 0 Å². The van der Waals surface area contributed by atoms with Gasteiger partial charge in [0.25, 0.3) is 0 Å². The summed E-state index contributed by atoms with van der Waals surface area (Å²) in [5, 5.41) is 0. The summed E-state index contributed by atoms with van der Waals surface area (Å²) >= 11 is 0. The molecule has 0 aromatic carbocycles. The number of carbonyl (C=O) groups is 1. The molecule has 0 rings (SSSR count). The third-order valence-corrected chi connectivity index (χ3v) is 1.90. The molecule has 1 nitrogen and oxygen atoms in total. The van der Waals surface area contributed by atoms with E-state index in [0.29, 0.717) is 0 Å². The predicted octanol–water partition coefficient (Wildman–Crippen LogP) is 2.03. The SMILES string of the molecule is C=CC(C)(C)C(C)C=O. The van der Waals surface area contributed by atoms with Crippen molar-refractivity contribution in [3.63, 3.8) is 0 Å². The van der Waals surface area contributed by atoms with Crippen LogP contribution in [0.4, 0.5) is 0 Å². The van der Waals surface area contributed by atoms with E-state index in [9.17, 15) is 4.79 Å². The van der Waals surface area contributed by atoms with Crippen LogP contribution in [0.3, 0.4) is 0 Å². The van der Waals surface area contributed by atoms with E-state index in [1.807, 2.05) is 26.8 Å². The van der Waals surface area contributed by atoms with Gasteiger partial charge >= 0.3 is 0 Å². The molecule has 0 aromatic heterocycles. The van der Waals surface area contributed by atoms with E-state index >= 15 is 0 Å². The lowest BCUT2D eigenvalue weighted by Gasteiger charge is -2.22. The van der Waals surface area contributed by atoms with Gasteiger partial charge in [-0.05, 0) is 5.41 Å². The third-order valence-electron chi connectivity index (χ3n) is 1.90. The van der Waals surface area contributed by atoms with Crippen molar-refractivity contribution in [3.8, 4) is 0 Å². The zero-order valence-corrected chi connectivity index (χ0v) is 6.35. The number of rotatable bonds is 3. The smallest absolute Gasteiger partial charge is 0.123 e. The van der Waals surface area contributed by atoms with Crippen LogP contribution in [0.25, 0.3) is 0 Å². The monoisotopic (exact) mass is 126 g/mol. The second kappa shape index (κ2) is 2.81. The standard InChI is InChI=1S/C8H14O/c1-5-8(3,4)7(2)6-9/h5-7H,1H2,2-4H3. The Morgan fingerprint density at radius 3 is 2.11 bits per heavy atom. The fourth-order valence-corrected chi connectivity index (χ4v) is 0.361. The van der Waals surface area contributed by atoms with Crippen LogP contribution in [0.1, 0.15) is 20.8 Å². The second-order valence-electron chi connectivity index (χ2n) is 2.95. The lowest BCUT2D eigenvalue weighted by atomic mass is 9.81. The third kappa shape index (κ3) is 2.00. The summed E-state index contributed by atoms with van der Waals surface area (Å²) < 4.78 is 0. The van der Waals surface area contributed by atoms with Gasteiger partial charge in [-0.2, -0.15) is 0 Å². The van der Waals surface area contributed by atoms with Gasteiger partial charge in [-0.3, -0.25) is 0 Å². The van der Waals surface area contributed by atoms with Gasteiger partial charge in [0, 0.05) is 5.92 Å². The van der Waals surface area contributed by atoms with E-state index in [0.717, 1.165) is 6.29 Å². The molecule has 0 aromatic rings. The Morgan fingerprint density at radius 1 is 1.56 bits per heavy atom. The molecule has 52 valence electrons. The van der Waals surface area contributed by atoms with Crippen molar-refractivity contribution in [1.82, 2.24) is 0 Å². The van der Waals surface area contributed by atoms with Gasteiger partial charge in [0.2, 0.25) is 0 Å². The normalized spacial score (nSPS) is 14.6. The maximum Gasteiger partial charge on any atom is 0.123 e. The van der Waals surface area contributed by atoms with E-state index in [1.165, 1.54) is 0 Å². The van der Waals surface area contributed by atoms with Crippen molar-refractivity contribution in [1.29, 1.82) is 0 Å². The minimum atomic E-state index is -0.0538. The van der Waals surface area contributed by atoms with Crippen molar-refractivity contribution < 1.29 is 4.79 Å². The molecule has 1 unspecified atom stereocenters. The summed E-state index contributed by atoms with van der Waals surface area (Å²) in [6, 6.07) is 0. The topological polar surface area (TPSA) is 17.1 Å². The summed E-state index contributed by atoms with van der Waals surface area (Å²) in [6.45, 7) is 9.54. The van der Waals surface area contributed by atoms with Crippen LogP contribution in [0.2, 0.25) is 0 Å². The highest BCUT2D eigenvalue weighted by atomic mass is 16.1. The van der Waals surface area contributed by atoms with Crippen LogP contribution < -0.4 is 0 Å². The van der Waals surface area contributed by atoms with Gasteiger partial charge in [-0.1, -0.05) is 26.8 Å². The minimum Gasteiger partial charge on any atom is -0.303 e. The molecular formula is C8H14O. The van der Waals surface area contributed by atoms with Crippen molar-refractivity contribution in [3.05, 3.63) is 12.7 Å². The molecule has 0 fully saturated rings. The van der Waals surface area contributed by atoms with Crippen LogP contribution in [-0.4, -0.2) is 6.29 Å². The average Bonchev–Trinajstić information content (AvgIpc) is 1.86. The highest BCUT2D eigenvalue weighted by Crippen LogP contribution is 2.25. The fourth-order valence-electron chi connectivity index (χ4n) is 0.361. The fraction of sp³-hybridized carbons (Fsp3) is 0.625. The maximum atomic E-state index is 10.3. The molecule has 0 radical (unpaired) electrons. The molecule has 0 heterocycles.